The van der Waals surface area contributed by atoms with Crippen molar-refractivity contribution in [3.05, 3.63) is 34.3 Å². The molecule has 2 N–H and O–H groups in total. The van der Waals surface area contributed by atoms with Crippen LogP contribution >= 0.6 is 11.6 Å². The number of rotatable bonds is 2. The lowest BCUT2D eigenvalue weighted by Gasteiger charge is -2.34. The van der Waals surface area contributed by atoms with Crippen molar-refractivity contribution in [2.45, 2.75) is 18.9 Å². The van der Waals surface area contributed by atoms with Crippen molar-refractivity contribution < 1.29 is 0 Å². The lowest BCUT2D eigenvalue weighted by molar-refractivity contribution is 0.222. The van der Waals surface area contributed by atoms with E-state index in [0.29, 0.717) is 6.04 Å². The van der Waals surface area contributed by atoms with E-state index >= 15 is 0 Å². The fourth-order valence-electron chi connectivity index (χ4n) is 2.33. The zero-order valence-corrected chi connectivity index (χ0v) is 9.80. The summed E-state index contributed by atoms with van der Waals surface area (Å²) >= 11 is 6.04. The smallest absolute Gasteiger partial charge is 0.0409 e. The van der Waals surface area contributed by atoms with Crippen molar-refractivity contribution in [2.24, 2.45) is 5.73 Å². The van der Waals surface area contributed by atoms with E-state index in [4.69, 9.17) is 17.3 Å². The van der Waals surface area contributed by atoms with Gasteiger partial charge in [-0.2, -0.15) is 0 Å². The van der Waals surface area contributed by atoms with Gasteiger partial charge in [0, 0.05) is 17.6 Å². The van der Waals surface area contributed by atoms with E-state index in [1.807, 2.05) is 6.07 Å². The van der Waals surface area contributed by atoms with Crippen LogP contribution in [0.2, 0.25) is 5.02 Å². The number of nitrogens with two attached hydrogens (primary N) is 1. The summed E-state index contributed by atoms with van der Waals surface area (Å²) in [4.78, 5) is 2.37. The average molecular weight is 225 g/mol. The highest BCUT2D eigenvalue weighted by Gasteiger charge is 2.23. The molecule has 3 heteroatoms. The Morgan fingerprint density at radius 2 is 2.33 bits per heavy atom. The quantitative estimate of drug-likeness (QED) is 0.835. The number of nitrogens with zero attached hydrogens (tertiary/aromatic N) is 1. The Labute approximate surface area is 96.0 Å². The zero-order valence-electron chi connectivity index (χ0n) is 9.04. The van der Waals surface area contributed by atoms with E-state index in [1.54, 1.807) is 0 Å². The fraction of sp³-hybridized carbons (Fsp3) is 0.500. The van der Waals surface area contributed by atoms with Crippen LogP contribution in [0.25, 0.3) is 0 Å². The molecule has 0 fully saturated rings. The van der Waals surface area contributed by atoms with Crippen molar-refractivity contribution in [1.29, 1.82) is 0 Å². The van der Waals surface area contributed by atoms with E-state index in [0.717, 1.165) is 31.0 Å². The van der Waals surface area contributed by atoms with Gasteiger partial charge >= 0.3 is 0 Å². The van der Waals surface area contributed by atoms with Crippen LogP contribution in [-0.4, -0.2) is 25.0 Å². The third-order valence-electron chi connectivity index (χ3n) is 3.17. The minimum absolute atomic E-state index is 0.442. The maximum atomic E-state index is 6.04. The van der Waals surface area contributed by atoms with Gasteiger partial charge in [-0.1, -0.05) is 17.7 Å². The second kappa shape index (κ2) is 4.52. The Kier molecular flexibility index (Phi) is 3.29. The number of benzene rings is 1. The van der Waals surface area contributed by atoms with Gasteiger partial charge in [-0.15, -0.1) is 0 Å². The molecule has 1 aliphatic rings. The van der Waals surface area contributed by atoms with E-state index in [9.17, 15) is 0 Å². The molecule has 0 saturated carbocycles. The molecular formula is C12H17ClN2. The summed E-state index contributed by atoms with van der Waals surface area (Å²) in [6.07, 6.45) is 2.12. The van der Waals surface area contributed by atoms with Gasteiger partial charge in [0.1, 0.15) is 0 Å². The van der Waals surface area contributed by atoms with Gasteiger partial charge in [0.2, 0.25) is 0 Å². The van der Waals surface area contributed by atoms with Crippen LogP contribution in [0, 0.1) is 0 Å². The second-order valence-corrected chi connectivity index (χ2v) is 4.60. The van der Waals surface area contributed by atoms with Crippen molar-refractivity contribution in [2.75, 3.05) is 20.1 Å². The minimum atomic E-state index is 0.442. The van der Waals surface area contributed by atoms with Gasteiger partial charge in [-0.05, 0) is 49.7 Å². The zero-order chi connectivity index (χ0) is 10.8. The molecule has 0 aliphatic carbocycles. The maximum absolute atomic E-state index is 6.04. The highest BCUT2D eigenvalue weighted by molar-refractivity contribution is 6.30. The van der Waals surface area contributed by atoms with Crippen LogP contribution in [-0.2, 0) is 6.42 Å². The Bertz CT molecular complexity index is 351. The summed E-state index contributed by atoms with van der Waals surface area (Å²) in [5, 5.41) is 0.825. The third kappa shape index (κ3) is 2.17. The number of hydrogen-bond acceptors (Lipinski definition) is 2. The Morgan fingerprint density at radius 1 is 1.53 bits per heavy atom. The molecule has 1 aromatic rings. The van der Waals surface area contributed by atoms with Crippen molar-refractivity contribution in [1.82, 2.24) is 4.90 Å². The highest BCUT2D eigenvalue weighted by atomic mass is 35.5. The average Bonchev–Trinajstić information content (AvgIpc) is 2.23. The van der Waals surface area contributed by atoms with Crippen molar-refractivity contribution >= 4 is 11.6 Å². The molecule has 2 rings (SSSR count). The molecule has 1 aromatic carbocycles. The highest BCUT2D eigenvalue weighted by Crippen LogP contribution is 2.32. The topological polar surface area (TPSA) is 29.3 Å². The van der Waals surface area contributed by atoms with E-state index in [1.165, 1.54) is 11.1 Å². The summed E-state index contributed by atoms with van der Waals surface area (Å²) in [6, 6.07) is 6.66. The number of halogens is 1. The lowest BCUT2D eigenvalue weighted by Crippen LogP contribution is -2.33. The predicted molar refractivity (Wildman–Crippen MR) is 64.2 cm³/mol. The molecule has 0 saturated heterocycles. The molecule has 15 heavy (non-hydrogen) atoms. The van der Waals surface area contributed by atoms with Crippen molar-refractivity contribution in [3.8, 4) is 0 Å². The molecule has 1 heterocycles. The fourth-order valence-corrected chi connectivity index (χ4v) is 2.51. The molecule has 0 spiro atoms. The SMILES string of the molecule is CN1CCc2ccc(Cl)cc2C1CCN. The van der Waals surface area contributed by atoms with E-state index in [2.05, 4.69) is 24.1 Å². The van der Waals surface area contributed by atoms with Gasteiger partial charge in [-0.3, -0.25) is 4.90 Å². The molecule has 1 unspecified atom stereocenters. The van der Waals surface area contributed by atoms with E-state index < -0.39 is 0 Å². The van der Waals surface area contributed by atoms with Gasteiger partial charge < -0.3 is 5.73 Å². The number of likely N-dealkylation sites (N-methyl/N-ethyl adjacent to an activating group) is 1. The molecule has 0 amide bonds. The molecule has 82 valence electrons. The summed E-state index contributed by atoms with van der Waals surface area (Å²) in [6.45, 7) is 1.83. The first-order valence-electron chi connectivity index (χ1n) is 5.41. The van der Waals surface area contributed by atoms with Crippen LogP contribution in [0.15, 0.2) is 18.2 Å². The molecule has 2 nitrogen and oxygen atoms in total. The summed E-state index contributed by atoms with van der Waals surface area (Å²) < 4.78 is 0. The molecule has 1 aliphatic heterocycles. The maximum Gasteiger partial charge on any atom is 0.0409 e. The van der Waals surface area contributed by atoms with Gasteiger partial charge in [0.05, 0.1) is 0 Å². The largest absolute Gasteiger partial charge is 0.330 e. The standard InChI is InChI=1S/C12H17ClN2/c1-15-7-5-9-2-3-10(13)8-11(9)12(15)4-6-14/h2-3,8,12H,4-7,14H2,1H3. The summed E-state index contributed by atoms with van der Waals surface area (Å²) in [5.41, 5.74) is 8.45. The molecular weight excluding hydrogens is 208 g/mol. The first-order chi connectivity index (χ1) is 7.22. The van der Waals surface area contributed by atoms with Crippen LogP contribution in [0.4, 0.5) is 0 Å². The summed E-state index contributed by atoms with van der Waals surface area (Å²) in [5.74, 6) is 0. The van der Waals surface area contributed by atoms with Crippen LogP contribution in [0.5, 0.6) is 0 Å². The molecule has 0 radical (unpaired) electrons. The lowest BCUT2D eigenvalue weighted by atomic mass is 9.91. The minimum Gasteiger partial charge on any atom is -0.330 e. The molecule has 0 aromatic heterocycles. The van der Waals surface area contributed by atoms with Crippen LogP contribution in [0.3, 0.4) is 0 Å². The number of hydrogen-bond donors (Lipinski definition) is 1. The predicted octanol–water partition coefficient (Wildman–Crippen LogP) is 2.22. The molecule has 1 atom stereocenters. The molecule has 0 bridgehead atoms. The van der Waals surface area contributed by atoms with Crippen molar-refractivity contribution in [3.63, 3.8) is 0 Å². The third-order valence-corrected chi connectivity index (χ3v) is 3.41. The normalized spacial score (nSPS) is 21.4. The van der Waals surface area contributed by atoms with Crippen LogP contribution < -0.4 is 5.73 Å². The second-order valence-electron chi connectivity index (χ2n) is 4.17. The van der Waals surface area contributed by atoms with Gasteiger partial charge in [-0.25, -0.2) is 0 Å². The monoisotopic (exact) mass is 224 g/mol. The summed E-state index contributed by atoms with van der Waals surface area (Å²) in [7, 11) is 2.16. The Balaban J connectivity index is 2.36. The first kappa shape index (κ1) is 10.9. The van der Waals surface area contributed by atoms with Crippen LogP contribution in [0.1, 0.15) is 23.6 Å². The van der Waals surface area contributed by atoms with Gasteiger partial charge in [0.25, 0.3) is 0 Å². The Morgan fingerprint density at radius 3 is 3.07 bits per heavy atom. The Hall–Kier alpha value is -0.570. The van der Waals surface area contributed by atoms with E-state index in [-0.39, 0.29) is 0 Å². The number of fused-ring (bicyclic) bond motifs is 1. The first-order valence-corrected chi connectivity index (χ1v) is 5.79. The van der Waals surface area contributed by atoms with Gasteiger partial charge in [0.15, 0.2) is 0 Å².